The fourth-order valence-electron chi connectivity index (χ4n) is 1.60. The van der Waals surface area contributed by atoms with Gasteiger partial charge in [0, 0.05) is 12.2 Å². The van der Waals surface area contributed by atoms with E-state index in [2.05, 4.69) is 16.9 Å². The van der Waals surface area contributed by atoms with Crippen molar-refractivity contribution in [1.29, 1.82) is 0 Å². The van der Waals surface area contributed by atoms with Crippen LogP contribution in [0, 0.1) is 6.92 Å². The number of aryl methyl sites for hydroxylation is 1. The highest BCUT2D eigenvalue weighted by Crippen LogP contribution is 2.14. The SMILES string of the molecule is CC[C@@H](N)c1cncn1Cc1ncc(C)o1. The van der Waals surface area contributed by atoms with Crippen molar-refractivity contribution < 1.29 is 4.42 Å². The fraction of sp³-hybridized carbons (Fsp3) is 0.455. The number of hydrogen-bond acceptors (Lipinski definition) is 4. The number of aromatic nitrogens is 3. The molecule has 2 aromatic heterocycles. The van der Waals surface area contributed by atoms with Gasteiger partial charge in [0.25, 0.3) is 0 Å². The molecule has 0 spiro atoms. The van der Waals surface area contributed by atoms with Gasteiger partial charge in [-0.2, -0.15) is 0 Å². The van der Waals surface area contributed by atoms with E-state index in [1.54, 1.807) is 18.7 Å². The summed E-state index contributed by atoms with van der Waals surface area (Å²) in [6.45, 7) is 4.51. The first kappa shape index (κ1) is 10.9. The molecule has 0 aliphatic rings. The number of oxazole rings is 1. The van der Waals surface area contributed by atoms with Crippen LogP contribution in [0.1, 0.15) is 36.7 Å². The lowest BCUT2D eigenvalue weighted by Crippen LogP contribution is -2.14. The molecule has 5 heteroatoms. The third-order valence-corrected chi connectivity index (χ3v) is 2.54. The first-order valence-electron chi connectivity index (χ1n) is 5.37. The van der Waals surface area contributed by atoms with Crippen LogP contribution in [0.25, 0.3) is 0 Å². The average Bonchev–Trinajstić information content (AvgIpc) is 2.87. The van der Waals surface area contributed by atoms with E-state index in [1.807, 2.05) is 11.5 Å². The summed E-state index contributed by atoms with van der Waals surface area (Å²) in [7, 11) is 0. The Hall–Kier alpha value is -1.62. The van der Waals surface area contributed by atoms with E-state index in [-0.39, 0.29) is 6.04 Å². The molecular formula is C11H16N4O. The lowest BCUT2D eigenvalue weighted by molar-refractivity contribution is 0.450. The van der Waals surface area contributed by atoms with E-state index in [4.69, 9.17) is 10.2 Å². The van der Waals surface area contributed by atoms with Crippen LogP contribution in [-0.4, -0.2) is 14.5 Å². The number of imidazole rings is 1. The van der Waals surface area contributed by atoms with Gasteiger partial charge in [0.2, 0.25) is 5.89 Å². The van der Waals surface area contributed by atoms with Gasteiger partial charge in [-0.1, -0.05) is 6.92 Å². The smallest absolute Gasteiger partial charge is 0.214 e. The Labute approximate surface area is 94.3 Å². The van der Waals surface area contributed by atoms with Crippen LogP contribution >= 0.6 is 0 Å². The topological polar surface area (TPSA) is 69.9 Å². The van der Waals surface area contributed by atoms with Gasteiger partial charge in [0.15, 0.2) is 0 Å². The Bertz CT molecular complexity index is 460. The van der Waals surface area contributed by atoms with Gasteiger partial charge in [-0.05, 0) is 13.3 Å². The molecule has 0 bridgehead atoms. The quantitative estimate of drug-likeness (QED) is 0.850. The van der Waals surface area contributed by atoms with Crippen molar-refractivity contribution in [1.82, 2.24) is 14.5 Å². The molecule has 0 fully saturated rings. The molecule has 5 nitrogen and oxygen atoms in total. The fourth-order valence-corrected chi connectivity index (χ4v) is 1.60. The van der Waals surface area contributed by atoms with Gasteiger partial charge in [-0.15, -0.1) is 0 Å². The maximum absolute atomic E-state index is 5.99. The normalized spacial score (nSPS) is 12.9. The summed E-state index contributed by atoms with van der Waals surface area (Å²) in [5, 5.41) is 0. The van der Waals surface area contributed by atoms with Gasteiger partial charge in [-0.3, -0.25) is 0 Å². The predicted octanol–water partition coefficient (Wildman–Crippen LogP) is 1.64. The number of nitrogens with two attached hydrogens (primary N) is 1. The van der Waals surface area contributed by atoms with Crippen molar-refractivity contribution in [2.24, 2.45) is 5.73 Å². The van der Waals surface area contributed by atoms with Crippen LogP contribution in [-0.2, 0) is 6.54 Å². The zero-order valence-corrected chi connectivity index (χ0v) is 9.55. The maximum Gasteiger partial charge on any atom is 0.214 e. The monoisotopic (exact) mass is 220 g/mol. The van der Waals surface area contributed by atoms with E-state index >= 15 is 0 Å². The predicted molar refractivity (Wildman–Crippen MR) is 59.8 cm³/mol. The summed E-state index contributed by atoms with van der Waals surface area (Å²) < 4.78 is 7.40. The summed E-state index contributed by atoms with van der Waals surface area (Å²) >= 11 is 0. The summed E-state index contributed by atoms with van der Waals surface area (Å²) in [6, 6.07) is 0.0126. The van der Waals surface area contributed by atoms with E-state index in [0.717, 1.165) is 17.9 Å². The second-order valence-corrected chi connectivity index (χ2v) is 3.83. The third kappa shape index (κ3) is 2.14. The molecule has 0 aromatic carbocycles. The minimum Gasteiger partial charge on any atom is -0.444 e. The number of nitrogens with zero attached hydrogens (tertiary/aromatic N) is 3. The van der Waals surface area contributed by atoms with E-state index in [0.29, 0.717) is 12.4 Å². The largest absolute Gasteiger partial charge is 0.444 e. The van der Waals surface area contributed by atoms with E-state index < -0.39 is 0 Å². The Morgan fingerprint density at radius 1 is 1.50 bits per heavy atom. The molecule has 0 saturated carbocycles. The zero-order chi connectivity index (χ0) is 11.5. The van der Waals surface area contributed by atoms with Crippen molar-refractivity contribution >= 4 is 0 Å². The Morgan fingerprint density at radius 3 is 2.94 bits per heavy atom. The molecule has 2 aromatic rings. The van der Waals surface area contributed by atoms with Crippen molar-refractivity contribution in [3.63, 3.8) is 0 Å². The molecule has 2 heterocycles. The zero-order valence-electron chi connectivity index (χ0n) is 9.55. The van der Waals surface area contributed by atoms with Crippen LogP contribution in [0.4, 0.5) is 0 Å². The van der Waals surface area contributed by atoms with Crippen LogP contribution in [0.2, 0.25) is 0 Å². The minimum atomic E-state index is 0.0126. The number of hydrogen-bond donors (Lipinski definition) is 1. The first-order chi connectivity index (χ1) is 7.70. The van der Waals surface area contributed by atoms with Crippen LogP contribution in [0.15, 0.2) is 23.1 Å². The third-order valence-electron chi connectivity index (χ3n) is 2.54. The molecule has 0 amide bonds. The maximum atomic E-state index is 5.99. The second-order valence-electron chi connectivity index (χ2n) is 3.83. The van der Waals surface area contributed by atoms with Gasteiger partial charge < -0.3 is 14.7 Å². The highest BCUT2D eigenvalue weighted by Gasteiger charge is 2.11. The molecule has 2 rings (SSSR count). The molecule has 86 valence electrons. The van der Waals surface area contributed by atoms with Crippen molar-refractivity contribution in [2.75, 3.05) is 0 Å². The second kappa shape index (κ2) is 4.49. The lowest BCUT2D eigenvalue weighted by Gasteiger charge is -2.11. The molecule has 2 N–H and O–H groups in total. The first-order valence-corrected chi connectivity index (χ1v) is 5.37. The summed E-state index contributed by atoms with van der Waals surface area (Å²) in [6.07, 6.45) is 6.15. The van der Waals surface area contributed by atoms with Crippen molar-refractivity contribution in [3.05, 3.63) is 36.1 Å². The highest BCUT2D eigenvalue weighted by molar-refractivity contribution is 5.06. The lowest BCUT2D eigenvalue weighted by atomic mass is 10.2. The Morgan fingerprint density at radius 2 is 2.31 bits per heavy atom. The van der Waals surface area contributed by atoms with Gasteiger partial charge in [-0.25, -0.2) is 9.97 Å². The molecule has 1 atom stereocenters. The molecule has 0 radical (unpaired) electrons. The molecule has 0 saturated heterocycles. The molecule has 16 heavy (non-hydrogen) atoms. The van der Waals surface area contributed by atoms with Crippen molar-refractivity contribution in [2.45, 2.75) is 32.9 Å². The van der Waals surface area contributed by atoms with Crippen LogP contribution in [0.3, 0.4) is 0 Å². The number of rotatable bonds is 4. The minimum absolute atomic E-state index is 0.0126. The Balaban J connectivity index is 2.18. The molecular weight excluding hydrogens is 204 g/mol. The average molecular weight is 220 g/mol. The van der Waals surface area contributed by atoms with Crippen LogP contribution in [0.5, 0.6) is 0 Å². The van der Waals surface area contributed by atoms with E-state index in [9.17, 15) is 0 Å². The van der Waals surface area contributed by atoms with Crippen molar-refractivity contribution in [3.8, 4) is 0 Å². The molecule has 0 unspecified atom stereocenters. The van der Waals surface area contributed by atoms with Gasteiger partial charge in [0.1, 0.15) is 12.3 Å². The Kier molecular flexibility index (Phi) is 3.05. The summed E-state index contributed by atoms with van der Waals surface area (Å²) in [5.74, 6) is 1.50. The summed E-state index contributed by atoms with van der Waals surface area (Å²) in [4.78, 5) is 8.27. The summed E-state index contributed by atoms with van der Waals surface area (Å²) in [5.41, 5.74) is 7.00. The highest BCUT2D eigenvalue weighted by atomic mass is 16.4. The van der Waals surface area contributed by atoms with Crippen LogP contribution < -0.4 is 5.73 Å². The van der Waals surface area contributed by atoms with Gasteiger partial charge in [0.05, 0.1) is 18.2 Å². The standard InChI is InChI=1S/C11H16N4O/c1-3-9(12)10-5-13-7-15(10)6-11-14-4-8(2)16-11/h4-5,7,9H,3,6,12H2,1-2H3/t9-/m1/s1. The molecule has 0 aliphatic carbocycles. The molecule has 0 aliphatic heterocycles. The van der Waals surface area contributed by atoms with Gasteiger partial charge >= 0.3 is 0 Å². The van der Waals surface area contributed by atoms with E-state index in [1.165, 1.54) is 0 Å².